The highest BCUT2D eigenvalue weighted by molar-refractivity contribution is 5.87. The molecule has 1 N–H and O–H groups in total. The predicted octanol–water partition coefficient (Wildman–Crippen LogP) is 5.11. The van der Waals surface area contributed by atoms with Crippen LogP contribution in [0.2, 0.25) is 0 Å². The summed E-state index contributed by atoms with van der Waals surface area (Å²) in [6, 6.07) is 8.56. The quantitative estimate of drug-likeness (QED) is 0.641. The summed E-state index contributed by atoms with van der Waals surface area (Å²) in [5.74, 6) is -1.44. The third-order valence-corrected chi connectivity index (χ3v) is 6.46. The normalized spacial score (nSPS) is 23.8. The molecule has 9 heteroatoms. The first-order valence-electron chi connectivity index (χ1n) is 11.1. The van der Waals surface area contributed by atoms with Crippen molar-refractivity contribution in [2.75, 3.05) is 31.2 Å². The van der Waals surface area contributed by atoms with Crippen LogP contribution in [0.4, 0.5) is 18.9 Å². The molecule has 4 rings (SSSR count). The van der Waals surface area contributed by atoms with E-state index in [4.69, 9.17) is 14.6 Å². The molecule has 178 valence electrons. The number of nitrogens with zero attached hydrogens (tertiary/aromatic N) is 2. The smallest absolute Gasteiger partial charge is 0.391 e. The highest BCUT2D eigenvalue weighted by Gasteiger charge is 2.41. The van der Waals surface area contributed by atoms with Gasteiger partial charge in [0.1, 0.15) is 11.9 Å². The Hall–Kier alpha value is -2.81. The standard InChI is InChI=1S/C24H27F3N2O4/c25-24(26,27)19-7-1-16(2-8-19)15-33-21-11-20(12-28-13-21)29-9-10-32-22(14-29)17-3-5-18(6-4-17)23(30)31/h3-6,11-13,16,19,22H,1-2,7-10,14-15H2,(H,30,31)/t16-,19-,22?. The van der Waals surface area contributed by atoms with Crippen molar-refractivity contribution in [3.8, 4) is 5.75 Å². The van der Waals surface area contributed by atoms with Crippen LogP contribution < -0.4 is 9.64 Å². The number of halogens is 3. The molecule has 6 nitrogen and oxygen atoms in total. The van der Waals surface area contributed by atoms with Crippen LogP contribution in [0.3, 0.4) is 0 Å². The predicted molar refractivity (Wildman–Crippen MR) is 116 cm³/mol. The van der Waals surface area contributed by atoms with E-state index < -0.39 is 18.1 Å². The van der Waals surface area contributed by atoms with E-state index in [2.05, 4.69) is 9.88 Å². The lowest BCUT2D eigenvalue weighted by atomic mass is 9.82. The first-order chi connectivity index (χ1) is 15.8. The number of aromatic nitrogens is 1. The fourth-order valence-electron chi connectivity index (χ4n) is 4.46. The molecule has 1 saturated heterocycles. The third-order valence-electron chi connectivity index (χ3n) is 6.46. The van der Waals surface area contributed by atoms with Gasteiger partial charge in [-0.3, -0.25) is 4.98 Å². The van der Waals surface area contributed by atoms with Crippen LogP contribution in [0.15, 0.2) is 42.7 Å². The second-order valence-corrected chi connectivity index (χ2v) is 8.68. The number of alkyl halides is 3. The molecule has 1 aliphatic carbocycles. The van der Waals surface area contributed by atoms with Crippen molar-refractivity contribution in [3.63, 3.8) is 0 Å². The largest absolute Gasteiger partial charge is 0.492 e. The van der Waals surface area contributed by atoms with E-state index in [1.54, 1.807) is 36.7 Å². The summed E-state index contributed by atoms with van der Waals surface area (Å²) in [5, 5.41) is 9.07. The molecule has 2 aromatic rings. The Morgan fingerprint density at radius 2 is 1.88 bits per heavy atom. The van der Waals surface area contributed by atoms with Gasteiger partial charge in [-0.1, -0.05) is 12.1 Å². The van der Waals surface area contributed by atoms with Crippen LogP contribution in [0, 0.1) is 11.8 Å². The SMILES string of the molecule is O=C(O)c1ccc(C2CN(c3cncc(OC[C@H]4CC[C@H](C(F)(F)F)CC4)c3)CCO2)cc1. The van der Waals surface area contributed by atoms with Crippen LogP contribution in [0.5, 0.6) is 5.75 Å². The van der Waals surface area contributed by atoms with Gasteiger partial charge in [0, 0.05) is 19.2 Å². The Morgan fingerprint density at radius 3 is 2.55 bits per heavy atom. The number of pyridine rings is 1. The number of ether oxygens (including phenoxy) is 2. The fraction of sp³-hybridized carbons (Fsp3) is 0.500. The number of carboxylic acid groups (broad SMARTS) is 1. The van der Waals surface area contributed by atoms with Crippen LogP contribution in [-0.4, -0.2) is 48.5 Å². The van der Waals surface area contributed by atoms with Gasteiger partial charge in [0.15, 0.2) is 0 Å². The Bertz CT molecular complexity index is 943. The Labute approximate surface area is 190 Å². The number of rotatable bonds is 6. The first kappa shape index (κ1) is 23.4. The van der Waals surface area contributed by atoms with Crippen LogP contribution >= 0.6 is 0 Å². The number of anilines is 1. The Balaban J connectivity index is 1.33. The number of hydrogen-bond acceptors (Lipinski definition) is 5. The van der Waals surface area contributed by atoms with E-state index in [1.165, 1.54) is 0 Å². The molecule has 2 heterocycles. The zero-order chi connectivity index (χ0) is 23.4. The van der Waals surface area contributed by atoms with Gasteiger partial charge in [-0.25, -0.2) is 4.79 Å². The molecule has 2 aliphatic rings. The Kier molecular flexibility index (Phi) is 7.07. The van der Waals surface area contributed by atoms with Gasteiger partial charge in [-0.2, -0.15) is 13.2 Å². The molecular weight excluding hydrogens is 437 g/mol. The van der Waals surface area contributed by atoms with Crippen molar-refractivity contribution in [2.24, 2.45) is 11.8 Å². The molecule has 1 aliphatic heterocycles. The molecule has 0 radical (unpaired) electrons. The van der Waals surface area contributed by atoms with E-state index in [0.717, 1.165) is 11.3 Å². The maximum absolute atomic E-state index is 12.8. The lowest BCUT2D eigenvalue weighted by Gasteiger charge is -2.34. The molecule has 2 fully saturated rings. The molecule has 33 heavy (non-hydrogen) atoms. The average molecular weight is 464 g/mol. The van der Waals surface area contributed by atoms with Crippen LogP contribution in [0.25, 0.3) is 0 Å². The number of aromatic carboxylic acids is 1. The minimum atomic E-state index is -4.10. The van der Waals surface area contributed by atoms with Crippen molar-refractivity contribution in [1.82, 2.24) is 4.98 Å². The van der Waals surface area contributed by atoms with Gasteiger partial charge in [0.05, 0.1) is 42.8 Å². The van der Waals surface area contributed by atoms with E-state index in [1.807, 2.05) is 6.07 Å². The first-order valence-corrected chi connectivity index (χ1v) is 11.1. The monoisotopic (exact) mass is 464 g/mol. The summed E-state index contributed by atoms with van der Waals surface area (Å²) in [7, 11) is 0. The van der Waals surface area contributed by atoms with E-state index in [0.29, 0.717) is 44.9 Å². The van der Waals surface area contributed by atoms with E-state index in [9.17, 15) is 18.0 Å². The fourth-order valence-corrected chi connectivity index (χ4v) is 4.46. The van der Waals surface area contributed by atoms with Gasteiger partial charge < -0.3 is 19.5 Å². The maximum atomic E-state index is 12.8. The Morgan fingerprint density at radius 1 is 1.15 bits per heavy atom. The minimum absolute atomic E-state index is 0.119. The number of carbonyl (C=O) groups is 1. The molecule has 1 aromatic heterocycles. The van der Waals surface area contributed by atoms with Gasteiger partial charge in [-0.15, -0.1) is 0 Å². The number of carboxylic acids is 1. The van der Waals surface area contributed by atoms with E-state index in [-0.39, 0.29) is 30.4 Å². The molecule has 1 saturated carbocycles. The zero-order valence-corrected chi connectivity index (χ0v) is 18.1. The van der Waals surface area contributed by atoms with Gasteiger partial charge in [0.2, 0.25) is 0 Å². The average Bonchev–Trinajstić information content (AvgIpc) is 2.83. The lowest BCUT2D eigenvalue weighted by Crippen LogP contribution is -2.38. The highest BCUT2D eigenvalue weighted by atomic mass is 19.4. The summed E-state index contributed by atoms with van der Waals surface area (Å²) in [6.45, 7) is 2.16. The molecule has 0 amide bonds. The van der Waals surface area contributed by atoms with Crippen molar-refractivity contribution in [3.05, 3.63) is 53.9 Å². The summed E-state index contributed by atoms with van der Waals surface area (Å²) in [5.41, 5.74) is 2.01. The summed E-state index contributed by atoms with van der Waals surface area (Å²) in [6.07, 6.45) is 0.432. The zero-order valence-electron chi connectivity index (χ0n) is 18.1. The molecule has 1 unspecified atom stereocenters. The second-order valence-electron chi connectivity index (χ2n) is 8.68. The summed E-state index contributed by atoms with van der Waals surface area (Å²) < 4.78 is 50.3. The topological polar surface area (TPSA) is 71.9 Å². The van der Waals surface area contributed by atoms with Crippen molar-refractivity contribution < 1.29 is 32.5 Å². The number of morpholine rings is 1. The lowest BCUT2D eigenvalue weighted by molar-refractivity contribution is -0.184. The molecule has 0 bridgehead atoms. The summed E-state index contributed by atoms with van der Waals surface area (Å²) >= 11 is 0. The summed E-state index contributed by atoms with van der Waals surface area (Å²) in [4.78, 5) is 17.5. The molecule has 1 atom stereocenters. The van der Waals surface area contributed by atoms with Gasteiger partial charge in [-0.05, 0) is 49.3 Å². The van der Waals surface area contributed by atoms with Gasteiger partial charge in [0.25, 0.3) is 0 Å². The maximum Gasteiger partial charge on any atom is 0.391 e. The molecular formula is C24H27F3N2O4. The van der Waals surface area contributed by atoms with Crippen molar-refractivity contribution >= 4 is 11.7 Å². The minimum Gasteiger partial charge on any atom is -0.492 e. The second kappa shape index (κ2) is 9.99. The third kappa shape index (κ3) is 5.96. The van der Waals surface area contributed by atoms with Crippen LogP contribution in [0.1, 0.15) is 47.7 Å². The van der Waals surface area contributed by atoms with Crippen molar-refractivity contribution in [1.29, 1.82) is 0 Å². The number of hydrogen-bond donors (Lipinski definition) is 1. The van der Waals surface area contributed by atoms with Crippen molar-refractivity contribution in [2.45, 2.75) is 38.0 Å². The van der Waals surface area contributed by atoms with Crippen LogP contribution in [-0.2, 0) is 4.74 Å². The van der Waals surface area contributed by atoms with E-state index >= 15 is 0 Å². The molecule has 1 aromatic carbocycles. The number of benzene rings is 1. The highest BCUT2D eigenvalue weighted by Crippen LogP contribution is 2.39. The van der Waals surface area contributed by atoms with Gasteiger partial charge >= 0.3 is 12.1 Å². The molecule has 0 spiro atoms.